The molecule has 25 heavy (non-hydrogen) atoms. The molecule has 132 valence electrons. The van der Waals surface area contributed by atoms with Crippen LogP contribution in [0.3, 0.4) is 0 Å². The van der Waals surface area contributed by atoms with Crippen molar-refractivity contribution in [2.45, 2.75) is 56.9 Å². The Bertz CT molecular complexity index is 832. The summed E-state index contributed by atoms with van der Waals surface area (Å²) in [7, 11) is 0. The zero-order valence-corrected chi connectivity index (χ0v) is 14.2. The van der Waals surface area contributed by atoms with Crippen LogP contribution in [0.5, 0.6) is 0 Å². The maximum atomic E-state index is 12.7. The number of ether oxygens (including phenoxy) is 1. The van der Waals surface area contributed by atoms with Crippen LogP contribution in [0, 0.1) is 0 Å². The monoisotopic (exact) mass is 349 g/mol. The van der Waals surface area contributed by atoms with Crippen molar-refractivity contribution in [1.29, 1.82) is 0 Å². The lowest BCUT2D eigenvalue weighted by Crippen LogP contribution is -2.52. The molecule has 0 radical (unpaired) electrons. The van der Waals surface area contributed by atoms with Crippen LogP contribution in [-0.4, -0.2) is 20.8 Å². The molecule has 4 nitrogen and oxygen atoms in total. The Hall–Kier alpha value is -2.02. The molecule has 3 heterocycles. The third kappa shape index (κ3) is 2.52. The molecule has 0 amide bonds. The molecule has 2 bridgehead atoms. The Balaban J connectivity index is 1.77. The van der Waals surface area contributed by atoms with Gasteiger partial charge in [0.05, 0.1) is 16.9 Å². The topological polar surface area (TPSA) is 47.9 Å². The molecule has 3 aliphatic rings. The van der Waals surface area contributed by atoms with Gasteiger partial charge in [-0.1, -0.05) is 12.1 Å². The Morgan fingerprint density at radius 1 is 1.08 bits per heavy atom. The van der Waals surface area contributed by atoms with E-state index >= 15 is 0 Å². The van der Waals surface area contributed by atoms with Gasteiger partial charge in [0.1, 0.15) is 11.3 Å². The molecule has 5 rings (SSSR count). The van der Waals surface area contributed by atoms with Crippen LogP contribution in [0.4, 0.5) is 13.2 Å². The summed E-state index contributed by atoms with van der Waals surface area (Å²) < 4.78 is 44.4. The third-order valence-corrected chi connectivity index (χ3v) is 5.25. The summed E-state index contributed by atoms with van der Waals surface area (Å²) in [6.07, 6.45) is -2.55. The Kier molecular flexibility index (Phi) is 3.29. The second-order valence-electron chi connectivity index (χ2n) is 7.47. The fourth-order valence-electron chi connectivity index (χ4n) is 3.99. The average Bonchev–Trinajstić information content (AvgIpc) is 2.52. The molecule has 0 saturated carbocycles. The van der Waals surface area contributed by atoms with E-state index in [1.165, 1.54) is 12.1 Å². The number of halogens is 3. The maximum absolute atomic E-state index is 12.7. The van der Waals surface area contributed by atoms with Gasteiger partial charge in [-0.05, 0) is 45.7 Å². The zero-order valence-electron chi connectivity index (χ0n) is 14.2. The summed E-state index contributed by atoms with van der Waals surface area (Å²) >= 11 is 0. The minimum Gasteiger partial charge on any atom is -0.362 e. The highest BCUT2D eigenvalue weighted by molar-refractivity contribution is 5.56. The van der Waals surface area contributed by atoms with Gasteiger partial charge in [-0.15, -0.1) is 10.2 Å². The van der Waals surface area contributed by atoms with Crippen LogP contribution in [0.15, 0.2) is 24.3 Å². The van der Waals surface area contributed by atoms with Crippen molar-refractivity contribution in [2.75, 3.05) is 0 Å². The smallest absolute Gasteiger partial charge is 0.362 e. The summed E-state index contributed by atoms with van der Waals surface area (Å²) in [4.78, 5) is 4.66. The molecular formula is C18H18F3N3O. The third-order valence-electron chi connectivity index (χ3n) is 5.25. The minimum atomic E-state index is -4.36. The van der Waals surface area contributed by atoms with Crippen molar-refractivity contribution in [3.8, 4) is 11.4 Å². The number of alkyl halides is 3. The molecule has 1 aromatic heterocycles. The number of aromatic nitrogens is 3. The van der Waals surface area contributed by atoms with Crippen LogP contribution >= 0.6 is 0 Å². The number of hydrogen-bond donors (Lipinski definition) is 0. The Labute approximate surface area is 143 Å². The highest BCUT2D eigenvalue weighted by Gasteiger charge is 2.54. The minimum absolute atomic E-state index is 0.105. The van der Waals surface area contributed by atoms with E-state index in [4.69, 9.17) is 4.74 Å². The van der Waals surface area contributed by atoms with E-state index in [0.717, 1.165) is 36.4 Å². The van der Waals surface area contributed by atoms with Crippen LogP contribution in [0.25, 0.3) is 11.4 Å². The highest BCUT2D eigenvalue weighted by Crippen LogP contribution is 2.54. The average molecular weight is 349 g/mol. The number of fused-ring (bicyclic) bond motifs is 2. The molecular weight excluding hydrogens is 331 g/mol. The van der Waals surface area contributed by atoms with Crippen molar-refractivity contribution in [3.63, 3.8) is 0 Å². The standard InChI is InChI=1S/C18H18F3N3O/c1-16(2)12-8-9-17(3,25-16)14-13(12)22-15(24-23-14)10-4-6-11(7-5-10)18(19,20)21/h4-7,12H,8-9H2,1-3H3. The molecule has 1 fully saturated rings. The van der Waals surface area contributed by atoms with Gasteiger partial charge in [0, 0.05) is 11.5 Å². The summed E-state index contributed by atoms with van der Waals surface area (Å²) in [6.45, 7) is 6.08. The van der Waals surface area contributed by atoms with Crippen molar-refractivity contribution in [1.82, 2.24) is 15.2 Å². The first-order chi connectivity index (χ1) is 11.6. The van der Waals surface area contributed by atoms with Crippen LogP contribution < -0.4 is 0 Å². The van der Waals surface area contributed by atoms with Gasteiger partial charge >= 0.3 is 6.18 Å². The summed E-state index contributed by atoms with van der Waals surface area (Å²) in [5, 5.41) is 8.47. The molecule has 0 N–H and O–H groups in total. The van der Waals surface area contributed by atoms with E-state index in [-0.39, 0.29) is 11.5 Å². The predicted molar refractivity (Wildman–Crippen MR) is 84.8 cm³/mol. The molecule has 1 aliphatic carbocycles. The maximum Gasteiger partial charge on any atom is 0.416 e. The number of benzene rings is 1. The molecule has 2 aromatic rings. The van der Waals surface area contributed by atoms with E-state index in [2.05, 4.69) is 15.2 Å². The van der Waals surface area contributed by atoms with Gasteiger partial charge in [0.2, 0.25) is 0 Å². The Morgan fingerprint density at radius 3 is 2.36 bits per heavy atom. The van der Waals surface area contributed by atoms with Crippen molar-refractivity contribution < 1.29 is 17.9 Å². The van der Waals surface area contributed by atoms with Crippen LogP contribution in [0.2, 0.25) is 0 Å². The largest absolute Gasteiger partial charge is 0.416 e. The fourth-order valence-corrected chi connectivity index (χ4v) is 3.99. The second kappa shape index (κ2) is 5.00. The number of rotatable bonds is 1. The lowest BCUT2D eigenvalue weighted by atomic mass is 9.69. The Morgan fingerprint density at radius 2 is 1.76 bits per heavy atom. The lowest BCUT2D eigenvalue weighted by molar-refractivity contribution is -0.199. The molecule has 7 heteroatoms. The zero-order chi connectivity index (χ0) is 18.0. The lowest BCUT2D eigenvalue weighted by Gasteiger charge is -2.52. The van der Waals surface area contributed by atoms with Gasteiger partial charge in [-0.25, -0.2) is 4.98 Å². The SMILES string of the molecule is CC12CCC(c3nc(-c4ccc(C(F)(F)F)cc4)nnc31)C(C)(C)O2. The van der Waals surface area contributed by atoms with Crippen molar-refractivity contribution >= 4 is 0 Å². The van der Waals surface area contributed by atoms with Gasteiger partial charge in [0.25, 0.3) is 0 Å². The van der Waals surface area contributed by atoms with E-state index in [9.17, 15) is 13.2 Å². The predicted octanol–water partition coefficient (Wildman–Crippen LogP) is 4.46. The quantitative estimate of drug-likeness (QED) is 0.763. The summed E-state index contributed by atoms with van der Waals surface area (Å²) in [5.41, 5.74) is 0.574. The summed E-state index contributed by atoms with van der Waals surface area (Å²) in [5.74, 6) is 0.451. The first-order valence-electron chi connectivity index (χ1n) is 8.23. The first kappa shape index (κ1) is 16.4. The number of nitrogens with zero attached hydrogens (tertiary/aromatic N) is 3. The molecule has 2 atom stereocenters. The molecule has 1 aromatic carbocycles. The van der Waals surface area contributed by atoms with E-state index in [0.29, 0.717) is 11.4 Å². The molecule has 2 unspecified atom stereocenters. The fraction of sp³-hybridized carbons (Fsp3) is 0.500. The second-order valence-corrected chi connectivity index (χ2v) is 7.47. The van der Waals surface area contributed by atoms with Gasteiger partial charge in [-0.3, -0.25) is 0 Å². The normalized spacial score (nSPS) is 27.2. The van der Waals surface area contributed by atoms with Crippen molar-refractivity contribution in [3.05, 3.63) is 41.2 Å². The van der Waals surface area contributed by atoms with E-state index in [1.54, 1.807) is 0 Å². The highest BCUT2D eigenvalue weighted by atomic mass is 19.4. The van der Waals surface area contributed by atoms with Crippen LogP contribution in [0.1, 0.15) is 56.5 Å². The van der Waals surface area contributed by atoms with Crippen LogP contribution in [-0.2, 0) is 16.5 Å². The van der Waals surface area contributed by atoms with Gasteiger partial charge in [-0.2, -0.15) is 13.2 Å². The van der Waals surface area contributed by atoms with E-state index in [1.807, 2.05) is 20.8 Å². The van der Waals surface area contributed by atoms with Crippen molar-refractivity contribution in [2.24, 2.45) is 0 Å². The first-order valence-corrected chi connectivity index (χ1v) is 8.23. The van der Waals surface area contributed by atoms with Gasteiger partial charge in [0.15, 0.2) is 5.82 Å². The number of hydrogen-bond acceptors (Lipinski definition) is 4. The summed E-state index contributed by atoms with van der Waals surface area (Å²) in [6, 6.07) is 4.85. The molecule has 1 saturated heterocycles. The van der Waals surface area contributed by atoms with Gasteiger partial charge < -0.3 is 4.74 Å². The molecule has 2 aliphatic heterocycles. The van der Waals surface area contributed by atoms with E-state index < -0.39 is 17.3 Å². The molecule has 0 spiro atoms.